The summed E-state index contributed by atoms with van der Waals surface area (Å²) in [6.07, 6.45) is 2.70. The molecule has 3 nitrogen and oxygen atoms in total. The highest BCUT2D eigenvalue weighted by Gasteiger charge is 2.25. The van der Waals surface area contributed by atoms with Crippen LogP contribution in [0.5, 0.6) is 0 Å². The van der Waals surface area contributed by atoms with Crippen molar-refractivity contribution >= 4 is 0 Å². The molecule has 1 aromatic rings. The van der Waals surface area contributed by atoms with E-state index in [0.29, 0.717) is 0 Å². The molecule has 0 spiro atoms. The van der Waals surface area contributed by atoms with Gasteiger partial charge in [0, 0.05) is 26.2 Å². The van der Waals surface area contributed by atoms with Gasteiger partial charge in [0.2, 0.25) is 0 Å². The molecule has 0 bridgehead atoms. The first kappa shape index (κ1) is 12.2. The molecule has 0 radical (unpaired) electrons. The van der Waals surface area contributed by atoms with Gasteiger partial charge < -0.3 is 10.4 Å². The van der Waals surface area contributed by atoms with Crippen molar-refractivity contribution in [2.24, 2.45) is 0 Å². The monoisotopic (exact) mass is 246 g/mol. The fraction of sp³-hybridized carbons (Fsp3) is 0.600. The van der Waals surface area contributed by atoms with Gasteiger partial charge in [-0.1, -0.05) is 24.3 Å². The third-order valence-electron chi connectivity index (χ3n) is 4.14. The van der Waals surface area contributed by atoms with Crippen molar-refractivity contribution in [2.75, 3.05) is 32.8 Å². The van der Waals surface area contributed by atoms with Gasteiger partial charge in [0.05, 0.1) is 12.6 Å². The maximum atomic E-state index is 9.66. The zero-order valence-corrected chi connectivity index (χ0v) is 10.8. The molecular weight excluding hydrogens is 224 g/mol. The van der Waals surface area contributed by atoms with Crippen LogP contribution in [0.2, 0.25) is 0 Å². The predicted molar refractivity (Wildman–Crippen MR) is 72.7 cm³/mol. The fourth-order valence-electron chi connectivity index (χ4n) is 2.83. The van der Waals surface area contributed by atoms with E-state index in [0.717, 1.165) is 32.1 Å². The number of aliphatic hydroxyl groups excluding tert-OH is 1. The van der Waals surface area contributed by atoms with Gasteiger partial charge in [-0.25, -0.2) is 0 Å². The van der Waals surface area contributed by atoms with E-state index in [4.69, 9.17) is 0 Å². The third-order valence-corrected chi connectivity index (χ3v) is 4.14. The average Bonchev–Trinajstić information content (AvgIpc) is 3.26. The highest BCUT2D eigenvalue weighted by Crippen LogP contribution is 2.40. The Kier molecular flexibility index (Phi) is 3.64. The maximum Gasteiger partial charge on any atom is 0.0628 e. The number of benzene rings is 1. The number of rotatable bonds is 4. The summed E-state index contributed by atoms with van der Waals surface area (Å²) in [6.45, 7) is 4.31. The molecule has 1 heterocycles. The van der Waals surface area contributed by atoms with Crippen LogP contribution >= 0.6 is 0 Å². The summed E-state index contributed by atoms with van der Waals surface area (Å²) in [5.41, 5.74) is 2.72. The van der Waals surface area contributed by atoms with E-state index in [1.165, 1.54) is 24.0 Å². The molecule has 1 aliphatic heterocycles. The van der Waals surface area contributed by atoms with Crippen LogP contribution < -0.4 is 5.32 Å². The standard InChI is InChI=1S/C15H22N2O/c18-11-15(17-9-7-16-8-10-17)14-5-3-13(4-6-14)12-1-2-12/h3-6,12,15-16,18H,1-2,7-11H2. The van der Waals surface area contributed by atoms with Crippen molar-refractivity contribution in [2.45, 2.75) is 24.8 Å². The van der Waals surface area contributed by atoms with Gasteiger partial charge in [0.1, 0.15) is 0 Å². The first-order valence-electron chi connectivity index (χ1n) is 7.04. The van der Waals surface area contributed by atoms with Crippen molar-refractivity contribution < 1.29 is 5.11 Å². The van der Waals surface area contributed by atoms with E-state index < -0.39 is 0 Å². The second kappa shape index (κ2) is 5.39. The Morgan fingerprint density at radius 3 is 2.39 bits per heavy atom. The normalized spacial score (nSPS) is 22.9. The summed E-state index contributed by atoms with van der Waals surface area (Å²) >= 11 is 0. The Morgan fingerprint density at radius 2 is 1.83 bits per heavy atom. The average molecular weight is 246 g/mol. The number of hydrogen-bond donors (Lipinski definition) is 2. The summed E-state index contributed by atoms with van der Waals surface area (Å²) in [5.74, 6) is 0.811. The van der Waals surface area contributed by atoms with E-state index in [9.17, 15) is 5.11 Å². The van der Waals surface area contributed by atoms with E-state index in [2.05, 4.69) is 34.5 Å². The molecule has 1 saturated carbocycles. The van der Waals surface area contributed by atoms with Gasteiger partial charge in [-0.2, -0.15) is 0 Å². The summed E-state index contributed by atoms with van der Waals surface area (Å²) in [5, 5.41) is 13.0. The first-order valence-corrected chi connectivity index (χ1v) is 7.04. The molecule has 3 heteroatoms. The van der Waals surface area contributed by atoms with Crippen LogP contribution in [0, 0.1) is 0 Å². The molecule has 0 aromatic heterocycles. The van der Waals surface area contributed by atoms with Crippen LogP contribution in [0.1, 0.15) is 35.9 Å². The summed E-state index contributed by atoms with van der Waals surface area (Å²) in [4.78, 5) is 2.38. The molecular formula is C15H22N2O. The Hall–Kier alpha value is -0.900. The number of nitrogens with zero attached hydrogens (tertiary/aromatic N) is 1. The second-order valence-corrected chi connectivity index (χ2v) is 5.43. The zero-order valence-electron chi connectivity index (χ0n) is 10.8. The molecule has 2 aliphatic rings. The molecule has 98 valence electrons. The molecule has 18 heavy (non-hydrogen) atoms. The number of nitrogens with one attached hydrogen (secondary N) is 1. The minimum absolute atomic E-state index is 0.167. The van der Waals surface area contributed by atoms with Gasteiger partial charge in [-0.3, -0.25) is 4.90 Å². The topological polar surface area (TPSA) is 35.5 Å². The van der Waals surface area contributed by atoms with E-state index in [-0.39, 0.29) is 12.6 Å². The molecule has 1 aromatic carbocycles. The lowest BCUT2D eigenvalue weighted by atomic mass is 10.0. The third kappa shape index (κ3) is 2.58. The quantitative estimate of drug-likeness (QED) is 0.845. The Balaban J connectivity index is 1.73. The van der Waals surface area contributed by atoms with Crippen LogP contribution in [0.25, 0.3) is 0 Å². The van der Waals surface area contributed by atoms with Crippen molar-refractivity contribution in [3.63, 3.8) is 0 Å². The lowest BCUT2D eigenvalue weighted by Gasteiger charge is -2.34. The second-order valence-electron chi connectivity index (χ2n) is 5.43. The van der Waals surface area contributed by atoms with Crippen molar-refractivity contribution in [3.05, 3.63) is 35.4 Å². The summed E-state index contributed by atoms with van der Waals surface area (Å²) in [6, 6.07) is 9.07. The van der Waals surface area contributed by atoms with E-state index in [1.54, 1.807) is 0 Å². The molecule has 2 fully saturated rings. The molecule has 1 saturated heterocycles. The summed E-state index contributed by atoms with van der Waals surface area (Å²) in [7, 11) is 0. The van der Waals surface area contributed by atoms with Gasteiger partial charge in [-0.15, -0.1) is 0 Å². The minimum atomic E-state index is 0.167. The van der Waals surface area contributed by atoms with Crippen LogP contribution in [0.3, 0.4) is 0 Å². The lowest BCUT2D eigenvalue weighted by molar-refractivity contribution is 0.111. The van der Waals surface area contributed by atoms with E-state index >= 15 is 0 Å². The molecule has 1 atom stereocenters. The zero-order chi connectivity index (χ0) is 12.4. The highest BCUT2D eigenvalue weighted by molar-refractivity contribution is 5.29. The van der Waals surface area contributed by atoms with Crippen LogP contribution in [0.4, 0.5) is 0 Å². The minimum Gasteiger partial charge on any atom is -0.394 e. The molecule has 0 amide bonds. The van der Waals surface area contributed by atoms with Crippen molar-refractivity contribution in [1.82, 2.24) is 10.2 Å². The van der Waals surface area contributed by atoms with Gasteiger partial charge in [0.25, 0.3) is 0 Å². The van der Waals surface area contributed by atoms with Crippen LogP contribution in [-0.2, 0) is 0 Å². The van der Waals surface area contributed by atoms with Crippen molar-refractivity contribution in [3.8, 4) is 0 Å². The molecule has 1 unspecified atom stereocenters. The van der Waals surface area contributed by atoms with Crippen molar-refractivity contribution in [1.29, 1.82) is 0 Å². The first-order chi connectivity index (χ1) is 8.88. The Labute approximate surface area is 109 Å². The van der Waals surface area contributed by atoms with Gasteiger partial charge >= 0.3 is 0 Å². The highest BCUT2D eigenvalue weighted by atomic mass is 16.3. The predicted octanol–water partition coefficient (Wildman–Crippen LogP) is 1.50. The van der Waals surface area contributed by atoms with Crippen LogP contribution in [0.15, 0.2) is 24.3 Å². The Bertz CT molecular complexity index is 380. The maximum absolute atomic E-state index is 9.66. The Morgan fingerprint density at radius 1 is 1.17 bits per heavy atom. The smallest absolute Gasteiger partial charge is 0.0628 e. The lowest BCUT2D eigenvalue weighted by Crippen LogP contribution is -2.46. The van der Waals surface area contributed by atoms with E-state index in [1.807, 2.05) is 0 Å². The fourth-order valence-corrected chi connectivity index (χ4v) is 2.83. The molecule has 3 rings (SSSR count). The van der Waals surface area contributed by atoms with Gasteiger partial charge in [0.15, 0.2) is 0 Å². The largest absolute Gasteiger partial charge is 0.394 e. The number of piperazine rings is 1. The number of hydrogen-bond acceptors (Lipinski definition) is 3. The SMILES string of the molecule is OCC(c1ccc(C2CC2)cc1)N1CCNCC1. The number of aliphatic hydroxyl groups is 1. The summed E-state index contributed by atoms with van der Waals surface area (Å²) < 4.78 is 0. The molecule has 1 aliphatic carbocycles. The molecule has 2 N–H and O–H groups in total. The van der Waals surface area contributed by atoms with Gasteiger partial charge in [-0.05, 0) is 29.9 Å². The van der Waals surface area contributed by atoms with Crippen LogP contribution in [-0.4, -0.2) is 42.8 Å².